The molecule has 7 nitrogen and oxygen atoms in total. The average molecular weight is 432 g/mol. The van der Waals surface area contributed by atoms with Gasteiger partial charge in [0.1, 0.15) is 5.82 Å². The number of benzene rings is 1. The van der Waals surface area contributed by atoms with Crippen LogP contribution in [-0.4, -0.2) is 43.0 Å². The number of rotatable bonds is 6. The quantitative estimate of drug-likeness (QED) is 0.550. The molecule has 0 spiro atoms. The van der Waals surface area contributed by atoms with E-state index in [0.717, 1.165) is 19.3 Å². The number of carbonyl (C=O) groups is 3. The van der Waals surface area contributed by atoms with Gasteiger partial charge in [0.05, 0.1) is 7.05 Å². The maximum atomic E-state index is 13.3. The van der Waals surface area contributed by atoms with Crippen molar-refractivity contribution < 1.29 is 23.7 Å². The molecule has 4 aliphatic carbocycles. The molecule has 0 aromatic heterocycles. The van der Waals surface area contributed by atoms with E-state index in [0.29, 0.717) is 28.3 Å². The second-order valence-electron chi connectivity index (χ2n) is 9.94. The number of hydrogen-bond acceptors (Lipinski definition) is 3. The highest BCUT2D eigenvalue weighted by molar-refractivity contribution is 5.96. The number of hydrogen-bond donors (Lipinski definition) is 4. The first-order chi connectivity index (χ1) is 14.7. The predicted octanol–water partition coefficient (Wildman–Crippen LogP) is 1.46. The third kappa shape index (κ3) is 5.06. The van der Waals surface area contributed by atoms with Crippen molar-refractivity contribution in [2.75, 3.05) is 18.9 Å². The summed E-state index contributed by atoms with van der Waals surface area (Å²) in [5, 5.41) is 8.23. The number of likely N-dealkylation sites (N-methyl/N-ethyl adjacent to an activating group) is 1. The molecular weight excluding hydrogens is 399 g/mol. The van der Waals surface area contributed by atoms with Gasteiger partial charge in [-0.2, -0.15) is 0 Å². The van der Waals surface area contributed by atoms with Gasteiger partial charge in [0.2, 0.25) is 0 Å². The Morgan fingerprint density at radius 1 is 1.13 bits per heavy atom. The van der Waals surface area contributed by atoms with E-state index in [4.69, 9.17) is 0 Å². The van der Waals surface area contributed by atoms with Gasteiger partial charge < -0.3 is 15.5 Å². The van der Waals surface area contributed by atoms with Gasteiger partial charge in [0.25, 0.3) is 11.8 Å². The normalized spacial score (nSPS) is 30.4. The Labute approximate surface area is 182 Å². The summed E-state index contributed by atoms with van der Waals surface area (Å²) in [6.07, 6.45) is 6.89. The van der Waals surface area contributed by atoms with Gasteiger partial charge >= 0.3 is 6.03 Å². The van der Waals surface area contributed by atoms with E-state index >= 15 is 0 Å². The van der Waals surface area contributed by atoms with Crippen LogP contribution in [0, 0.1) is 23.6 Å². The summed E-state index contributed by atoms with van der Waals surface area (Å²) < 4.78 is 13.3. The Balaban J connectivity index is 1.26. The lowest BCUT2D eigenvalue weighted by Gasteiger charge is -2.56. The lowest BCUT2D eigenvalue weighted by atomic mass is 9.53. The lowest BCUT2D eigenvalue weighted by Crippen LogP contribution is -3.15. The van der Waals surface area contributed by atoms with Gasteiger partial charge in [-0.05, 0) is 81.4 Å². The van der Waals surface area contributed by atoms with Crippen LogP contribution in [0.2, 0.25) is 0 Å². The van der Waals surface area contributed by atoms with Gasteiger partial charge in [-0.1, -0.05) is 6.07 Å². The summed E-state index contributed by atoms with van der Waals surface area (Å²) in [7, 11) is 1.71. The fourth-order valence-electron chi connectivity index (χ4n) is 6.16. The number of quaternary nitrogens is 1. The predicted molar refractivity (Wildman–Crippen MR) is 114 cm³/mol. The maximum Gasteiger partial charge on any atom is 0.322 e. The van der Waals surface area contributed by atoms with Crippen LogP contribution in [0.3, 0.4) is 0 Å². The summed E-state index contributed by atoms with van der Waals surface area (Å²) in [4.78, 5) is 38.1. The Morgan fingerprint density at radius 3 is 2.32 bits per heavy atom. The Kier molecular flexibility index (Phi) is 6.01. The van der Waals surface area contributed by atoms with E-state index in [1.165, 1.54) is 37.5 Å². The fourth-order valence-corrected chi connectivity index (χ4v) is 6.16. The topological polar surface area (TPSA) is 91.7 Å². The minimum absolute atomic E-state index is 0.0156. The summed E-state index contributed by atoms with van der Waals surface area (Å²) in [5.74, 6) is 0.922. The molecule has 4 bridgehead atoms. The van der Waals surface area contributed by atoms with Crippen molar-refractivity contribution in [3.05, 3.63) is 30.1 Å². The standard InChI is InChI=1S/C23H31FN4O3/c1-14(28(2)13-20(29)25-19-5-3-4-18(24)9-19)21(30)26-22(31)27-23-10-15-6-16(11-23)8-17(7-15)12-23/h3-5,9,14-17H,6-8,10-13H2,1-2H3,(H,25,29)(H2,26,27,30,31)/p+1/t14-,15?,16?,17?,23?/m0/s1. The minimum Gasteiger partial charge on any atom is -0.332 e. The van der Waals surface area contributed by atoms with Crippen LogP contribution in [-0.2, 0) is 9.59 Å². The van der Waals surface area contributed by atoms with E-state index < -0.39 is 23.8 Å². The molecule has 4 fully saturated rings. The van der Waals surface area contributed by atoms with Gasteiger partial charge in [-0.15, -0.1) is 0 Å². The van der Waals surface area contributed by atoms with Crippen molar-refractivity contribution in [1.29, 1.82) is 0 Å². The highest BCUT2D eigenvalue weighted by Gasteiger charge is 2.51. The smallest absolute Gasteiger partial charge is 0.322 e. The molecule has 4 saturated carbocycles. The molecule has 0 heterocycles. The maximum absolute atomic E-state index is 13.3. The van der Waals surface area contributed by atoms with Crippen molar-refractivity contribution in [1.82, 2.24) is 10.6 Å². The molecule has 4 amide bonds. The van der Waals surface area contributed by atoms with Crippen molar-refractivity contribution in [3.8, 4) is 0 Å². The number of imide groups is 1. The SMILES string of the molecule is C[C@@H](C(=O)NC(=O)NC12CC3CC(CC(C3)C1)C2)[NH+](C)CC(=O)Nc1cccc(F)c1. The molecule has 31 heavy (non-hydrogen) atoms. The highest BCUT2D eigenvalue weighted by atomic mass is 19.1. The molecule has 168 valence electrons. The number of anilines is 1. The monoisotopic (exact) mass is 431 g/mol. The largest absolute Gasteiger partial charge is 0.332 e. The zero-order valence-corrected chi connectivity index (χ0v) is 18.2. The molecule has 5 rings (SSSR count). The van der Waals surface area contributed by atoms with Crippen LogP contribution in [0.1, 0.15) is 45.4 Å². The fraction of sp³-hybridized carbons (Fsp3) is 0.609. The number of carbonyl (C=O) groups excluding carboxylic acids is 3. The molecule has 4 aliphatic rings. The molecule has 8 heteroatoms. The summed E-state index contributed by atoms with van der Waals surface area (Å²) >= 11 is 0. The third-order valence-electron chi connectivity index (χ3n) is 7.33. The van der Waals surface area contributed by atoms with E-state index in [2.05, 4.69) is 16.0 Å². The minimum atomic E-state index is -0.597. The van der Waals surface area contributed by atoms with E-state index in [-0.39, 0.29) is 18.0 Å². The van der Waals surface area contributed by atoms with Crippen molar-refractivity contribution >= 4 is 23.5 Å². The number of amides is 4. The van der Waals surface area contributed by atoms with Gasteiger partial charge in [-0.3, -0.25) is 14.9 Å². The highest BCUT2D eigenvalue weighted by Crippen LogP contribution is 2.55. The molecular formula is C23H32FN4O3+. The van der Waals surface area contributed by atoms with Crippen LogP contribution in [0.15, 0.2) is 24.3 Å². The van der Waals surface area contributed by atoms with E-state index in [9.17, 15) is 18.8 Å². The molecule has 1 aromatic carbocycles. The van der Waals surface area contributed by atoms with E-state index in [1.807, 2.05) is 0 Å². The first kappa shape index (κ1) is 21.7. The summed E-state index contributed by atoms with van der Waals surface area (Å²) in [6, 6.07) is 4.61. The van der Waals surface area contributed by atoms with Crippen LogP contribution < -0.4 is 20.9 Å². The second kappa shape index (κ2) is 8.57. The van der Waals surface area contributed by atoms with E-state index in [1.54, 1.807) is 20.0 Å². The zero-order valence-electron chi connectivity index (χ0n) is 18.2. The number of nitrogens with one attached hydrogen (secondary N) is 4. The molecule has 0 radical (unpaired) electrons. The van der Waals surface area contributed by atoms with Crippen molar-refractivity contribution in [2.24, 2.45) is 17.8 Å². The summed E-state index contributed by atoms with van der Waals surface area (Å²) in [5.41, 5.74) is 0.205. The average Bonchev–Trinajstić information content (AvgIpc) is 2.65. The van der Waals surface area contributed by atoms with Crippen LogP contribution in [0.25, 0.3) is 0 Å². The second-order valence-corrected chi connectivity index (χ2v) is 9.94. The van der Waals surface area contributed by atoms with Crippen LogP contribution in [0.4, 0.5) is 14.9 Å². The number of urea groups is 1. The van der Waals surface area contributed by atoms with Crippen LogP contribution >= 0.6 is 0 Å². The van der Waals surface area contributed by atoms with Gasteiger partial charge in [-0.25, -0.2) is 9.18 Å². The zero-order chi connectivity index (χ0) is 22.2. The Morgan fingerprint density at radius 2 is 1.74 bits per heavy atom. The molecule has 2 atom stereocenters. The van der Waals surface area contributed by atoms with Crippen LogP contribution in [0.5, 0.6) is 0 Å². The molecule has 1 unspecified atom stereocenters. The van der Waals surface area contributed by atoms with Crippen molar-refractivity contribution in [2.45, 2.75) is 57.0 Å². The third-order valence-corrected chi connectivity index (χ3v) is 7.33. The summed E-state index contributed by atoms with van der Waals surface area (Å²) in [6.45, 7) is 1.69. The first-order valence-corrected chi connectivity index (χ1v) is 11.2. The number of halogens is 1. The molecule has 1 aromatic rings. The Hall–Kier alpha value is -2.48. The first-order valence-electron chi connectivity index (χ1n) is 11.2. The Bertz CT molecular complexity index is 839. The lowest BCUT2D eigenvalue weighted by molar-refractivity contribution is -0.885. The van der Waals surface area contributed by atoms with Crippen molar-refractivity contribution in [3.63, 3.8) is 0 Å². The van der Waals surface area contributed by atoms with Gasteiger partial charge in [0, 0.05) is 11.2 Å². The molecule has 0 aliphatic heterocycles. The van der Waals surface area contributed by atoms with Gasteiger partial charge in [0.15, 0.2) is 12.6 Å². The molecule has 0 saturated heterocycles. The molecule has 4 N–H and O–H groups in total.